The lowest BCUT2D eigenvalue weighted by molar-refractivity contribution is 0.102. The van der Waals surface area contributed by atoms with Gasteiger partial charge in [-0.05, 0) is 31.2 Å². The average molecular weight is 261 g/mol. The number of hydrogen-bond donors (Lipinski definition) is 1. The second-order valence-electron chi connectivity index (χ2n) is 3.65. The number of furan rings is 1. The molecule has 18 heavy (non-hydrogen) atoms. The lowest BCUT2D eigenvalue weighted by atomic mass is 10.2. The van der Waals surface area contributed by atoms with Gasteiger partial charge in [0.15, 0.2) is 0 Å². The fourth-order valence-electron chi connectivity index (χ4n) is 1.50. The highest BCUT2D eigenvalue weighted by Crippen LogP contribution is 2.21. The Hall–Kier alpha value is -2.25. The van der Waals surface area contributed by atoms with E-state index in [1.54, 1.807) is 25.1 Å². The molecule has 1 N–H and O–H groups in total. The van der Waals surface area contributed by atoms with E-state index in [2.05, 4.69) is 5.32 Å². The first-order chi connectivity index (χ1) is 8.61. The van der Waals surface area contributed by atoms with E-state index in [1.807, 2.05) is 6.07 Å². The van der Waals surface area contributed by atoms with Crippen LogP contribution in [0.4, 0.5) is 5.69 Å². The molecule has 1 heterocycles. The zero-order valence-electron chi connectivity index (χ0n) is 9.53. The van der Waals surface area contributed by atoms with E-state index in [1.165, 1.54) is 12.3 Å². The van der Waals surface area contributed by atoms with Gasteiger partial charge in [0.05, 0.1) is 22.4 Å². The van der Waals surface area contributed by atoms with Crippen molar-refractivity contribution in [3.63, 3.8) is 0 Å². The molecule has 2 rings (SSSR count). The lowest BCUT2D eigenvalue weighted by Crippen LogP contribution is -2.12. The molecule has 0 unspecified atom stereocenters. The van der Waals surface area contributed by atoms with Crippen LogP contribution in [0.3, 0.4) is 0 Å². The summed E-state index contributed by atoms with van der Waals surface area (Å²) in [6, 6.07) is 8.26. The highest BCUT2D eigenvalue weighted by atomic mass is 35.5. The molecule has 0 fully saturated rings. The van der Waals surface area contributed by atoms with E-state index in [9.17, 15) is 4.79 Å². The zero-order valence-corrected chi connectivity index (χ0v) is 10.3. The van der Waals surface area contributed by atoms with Gasteiger partial charge in [-0.1, -0.05) is 11.6 Å². The van der Waals surface area contributed by atoms with Gasteiger partial charge in [-0.25, -0.2) is 0 Å². The maximum atomic E-state index is 11.9. The van der Waals surface area contributed by atoms with E-state index >= 15 is 0 Å². The fraction of sp³-hybridized carbons (Fsp3) is 0.0769. The third kappa shape index (κ3) is 2.36. The molecule has 0 aliphatic rings. The van der Waals surface area contributed by atoms with Gasteiger partial charge in [-0.3, -0.25) is 4.79 Å². The van der Waals surface area contributed by atoms with Gasteiger partial charge in [0.25, 0.3) is 5.91 Å². The van der Waals surface area contributed by atoms with Crippen molar-refractivity contribution in [1.82, 2.24) is 0 Å². The predicted octanol–water partition coefficient (Wildman–Crippen LogP) is 3.37. The van der Waals surface area contributed by atoms with Crippen LogP contribution in [-0.2, 0) is 0 Å². The first-order valence-corrected chi connectivity index (χ1v) is 5.54. The van der Waals surface area contributed by atoms with Gasteiger partial charge in [-0.2, -0.15) is 5.26 Å². The number of carbonyl (C=O) groups is 1. The molecular formula is C13H9ClN2O2. The highest BCUT2D eigenvalue weighted by molar-refractivity contribution is 6.32. The maximum Gasteiger partial charge on any atom is 0.259 e. The number of rotatable bonds is 2. The van der Waals surface area contributed by atoms with Crippen LogP contribution in [0.1, 0.15) is 21.7 Å². The van der Waals surface area contributed by atoms with Crippen LogP contribution in [0.5, 0.6) is 0 Å². The van der Waals surface area contributed by atoms with Crippen LogP contribution < -0.4 is 5.32 Å². The van der Waals surface area contributed by atoms with E-state index in [4.69, 9.17) is 21.3 Å². The number of carbonyl (C=O) groups excluding carboxylic acids is 1. The van der Waals surface area contributed by atoms with Gasteiger partial charge in [-0.15, -0.1) is 0 Å². The number of nitrogens with one attached hydrogen (secondary N) is 1. The second kappa shape index (κ2) is 4.94. The average Bonchev–Trinajstić information content (AvgIpc) is 2.76. The number of hydrogen-bond acceptors (Lipinski definition) is 3. The summed E-state index contributed by atoms with van der Waals surface area (Å²) in [7, 11) is 0. The van der Waals surface area contributed by atoms with E-state index in [0.717, 1.165) is 0 Å². The summed E-state index contributed by atoms with van der Waals surface area (Å²) in [5, 5.41) is 11.7. The molecular weight excluding hydrogens is 252 g/mol. The molecule has 0 aliphatic carbocycles. The Bertz CT molecular complexity index is 641. The summed E-state index contributed by atoms with van der Waals surface area (Å²) in [4.78, 5) is 11.9. The number of aryl methyl sites for hydroxylation is 1. The molecule has 0 spiro atoms. The van der Waals surface area contributed by atoms with Crippen molar-refractivity contribution in [2.75, 3.05) is 5.32 Å². The number of nitrogens with zero attached hydrogens (tertiary/aromatic N) is 1. The van der Waals surface area contributed by atoms with Crippen molar-refractivity contribution in [1.29, 1.82) is 5.26 Å². The molecule has 0 atom stereocenters. The largest absolute Gasteiger partial charge is 0.469 e. The minimum absolute atomic E-state index is 0.276. The van der Waals surface area contributed by atoms with Gasteiger partial charge in [0, 0.05) is 5.69 Å². The Balaban J connectivity index is 2.21. The number of halogens is 1. The molecule has 4 nitrogen and oxygen atoms in total. The topological polar surface area (TPSA) is 66.0 Å². The van der Waals surface area contributed by atoms with Crippen molar-refractivity contribution in [2.45, 2.75) is 6.92 Å². The fourth-order valence-corrected chi connectivity index (χ4v) is 1.73. The molecule has 1 aromatic heterocycles. The maximum absolute atomic E-state index is 11.9. The molecule has 5 heteroatoms. The van der Waals surface area contributed by atoms with Gasteiger partial charge in [0.1, 0.15) is 11.8 Å². The van der Waals surface area contributed by atoms with E-state index in [-0.39, 0.29) is 5.91 Å². The third-order valence-corrected chi connectivity index (χ3v) is 2.76. The second-order valence-corrected chi connectivity index (χ2v) is 4.06. The molecule has 0 aliphatic heterocycles. The van der Waals surface area contributed by atoms with E-state index < -0.39 is 0 Å². The third-order valence-electron chi connectivity index (χ3n) is 2.45. The van der Waals surface area contributed by atoms with Gasteiger partial charge >= 0.3 is 0 Å². The molecule has 2 aromatic rings. The van der Waals surface area contributed by atoms with Crippen LogP contribution in [0.25, 0.3) is 0 Å². The molecule has 0 radical (unpaired) electrons. The van der Waals surface area contributed by atoms with Crippen molar-refractivity contribution in [2.24, 2.45) is 0 Å². The molecule has 0 bridgehead atoms. The number of anilines is 1. The first-order valence-electron chi connectivity index (χ1n) is 5.17. The number of nitriles is 1. The lowest BCUT2D eigenvalue weighted by Gasteiger charge is -2.05. The Kier molecular flexibility index (Phi) is 3.35. The van der Waals surface area contributed by atoms with Crippen LogP contribution in [-0.4, -0.2) is 5.91 Å². The minimum atomic E-state index is -0.276. The van der Waals surface area contributed by atoms with E-state index in [0.29, 0.717) is 27.6 Å². The van der Waals surface area contributed by atoms with Crippen LogP contribution >= 0.6 is 11.6 Å². The normalized spacial score (nSPS) is 9.83. The molecule has 0 saturated carbocycles. The smallest absolute Gasteiger partial charge is 0.259 e. The zero-order chi connectivity index (χ0) is 13.1. The quantitative estimate of drug-likeness (QED) is 0.900. The van der Waals surface area contributed by atoms with Crippen LogP contribution in [0.2, 0.25) is 5.02 Å². The molecule has 1 aromatic carbocycles. The monoisotopic (exact) mass is 260 g/mol. The molecule has 90 valence electrons. The predicted molar refractivity (Wildman–Crippen MR) is 67.6 cm³/mol. The standard InChI is InChI=1S/C13H9ClN2O2/c1-8-11(4-5-18-8)13(17)16-10-3-2-9(7-15)12(14)6-10/h2-6H,1H3,(H,16,17). The summed E-state index contributed by atoms with van der Waals surface area (Å²) in [6.45, 7) is 1.71. The summed E-state index contributed by atoms with van der Waals surface area (Å²) in [5.41, 5.74) is 1.37. The van der Waals surface area contributed by atoms with Gasteiger partial charge in [0.2, 0.25) is 0 Å². The molecule has 1 amide bonds. The SMILES string of the molecule is Cc1occc1C(=O)Nc1ccc(C#N)c(Cl)c1. The van der Waals surface area contributed by atoms with Crippen molar-refractivity contribution in [3.8, 4) is 6.07 Å². The van der Waals surface area contributed by atoms with Crippen LogP contribution in [0, 0.1) is 18.3 Å². The summed E-state index contributed by atoms with van der Waals surface area (Å²) >= 11 is 5.88. The Labute approximate surface area is 109 Å². The first kappa shape index (κ1) is 12.2. The Morgan fingerprint density at radius 1 is 1.44 bits per heavy atom. The van der Waals surface area contributed by atoms with Gasteiger partial charge < -0.3 is 9.73 Å². The minimum Gasteiger partial charge on any atom is -0.469 e. The van der Waals surface area contributed by atoms with Crippen molar-refractivity contribution in [3.05, 3.63) is 52.4 Å². The number of benzene rings is 1. The Morgan fingerprint density at radius 3 is 2.78 bits per heavy atom. The van der Waals surface area contributed by atoms with Crippen molar-refractivity contribution < 1.29 is 9.21 Å². The van der Waals surface area contributed by atoms with Crippen molar-refractivity contribution >= 4 is 23.2 Å². The highest BCUT2D eigenvalue weighted by Gasteiger charge is 2.12. The molecule has 0 saturated heterocycles. The number of amides is 1. The Morgan fingerprint density at radius 2 is 2.22 bits per heavy atom. The summed E-state index contributed by atoms with van der Waals surface area (Å²) in [6.07, 6.45) is 1.45. The summed E-state index contributed by atoms with van der Waals surface area (Å²) in [5.74, 6) is 0.272. The summed E-state index contributed by atoms with van der Waals surface area (Å²) < 4.78 is 5.05. The van der Waals surface area contributed by atoms with Crippen LogP contribution in [0.15, 0.2) is 34.9 Å².